The van der Waals surface area contributed by atoms with Crippen LogP contribution in [0.4, 0.5) is 15.8 Å². The minimum Gasteiger partial charge on any atom is -0.398 e. The highest BCUT2D eigenvalue weighted by Crippen LogP contribution is 2.40. The highest BCUT2D eigenvalue weighted by atomic mass is 35.5. The summed E-state index contributed by atoms with van der Waals surface area (Å²) in [6.07, 6.45) is 3.32. The number of nitrogens with one attached hydrogen (secondary N) is 2. The molecule has 1 amide bonds. The number of hydrogen-bond donors (Lipinski definition) is 4. The molecule has 0 radical (unpaired) electrons. The Labute approximate surface area is 168 Å². The van der Waals surface area contributed by atoms with Gasteiger partial charge in [-0.05, 0) is 50.6 Å². The summed E-state index contributed by atoms with van der Waals surface area (Å²) < 4.78 is 14.8. The fourth-order valence-electron chi connectivity index (χ4n) is 2.88. The Kier molecular flexibility index (Phi) is 6.68. The number of halogens is 3. The minimum atomic E-state index is -1.07. The van der Waals surface area contributed by atoms with Crippen molar-refractivity contribution in [3.8, 4) is 0 Å². The van der Waals surface area contributed by atoms with Gasteiger partial charge in [-0.25, -0.2) is 4.39 Å². The van der Waals surface area contributed by atoms with Crippen molar-refractivity contribution in [1.82, 2.24) is 0 Å². The van der Waals surface area contributed by atoms with Gasteiger partial charge in [0.25, 0.3) is 0 Å². The minimum absolute atomic E-state index is 0.176. The summed E-state index contributed by atoms with van der Waals surface area (Å²) in [4.78, 5) is 11.8. The molecule has 0 saturated carbocycles. The number of carbonyl (C=O) groups is 1. The molecule has 6 N–H and O–H groups in total. The van der Waals surface area contributed by atoms with Gasteiger partial charge in [0.1, 0.15) is 11.2 Å². The average molecular weight is 413 g/mol. The number of rotatable bonds is 6. The number of anilines is 2. The summed E-state index contributed by atoms with van der Waals surface area (Å²) in [5, 5.41) is 9.42. The molecule has 1 aromatic rings. The van der Waals surface area contributed by atoms with Gasteiger partial charge in [-0.2, -0.15) is 0 Å². The van der Waals surface area contributed by atoms with Crippen LogP contribution in [0.15, 0.2) is 41.8 Å². The largest absolute Gasteiger partial charge is 0.398 e. The van der Waals surface area contributed by atoms with E-state index in [4.69, 9.17) is 40.1 Å². The second-order valence-corrected chi connectivity index (χ2v) is 7.95. The van der Waals surface area contributed by atoms with Gasteiger partial charge in [0.2, 0.25) is 5.91 Å². The maximum atomic E-state index is 14.8. The van der Waals surface area contributed by atoms with E-state index in [2.05, 4.69) is 5.32 Å². The van der Waals surface area contributed by atoms with Crippen molar-refractivity contribution in [3.63, 3.8) is 0 Å². The molecule has 8 heteroatoms. The molecule has 0 heterocycles. The van der Waals surface area contributed by atoms with Gasteiger partial charge < -0.3 is 22.2 Å². The van der Waals surface area contributed by atoms with Crippen molar-refractivity contribution >= 4 is 46.2 Å². The van der Waals surface area contributed by atoms with Crippen LogP contribution < -0.4 is 16.8 Å². The van der Waals surface area contributed by atoms with Crippen LogP contribution in [-0.2, 0) is 4.79 Å². The van der Waals surface area contributed by atoms with Gasteiger partial charge in [-0.15, -0.1) is 23.2 Å². The molecule has 0 aromatic heterocycles. The van der Waals surface area contributed by atoms with Gasteiger partial charge >= 0.3 is 0 Å². The Morgan fingerprint density at radius 3 is 2.74 bits per heavy atom. The zero-order valence-electron chi connectivity index (χ0n) is 15.2. The quantitative estimate of drug-likeness (QED) is 0.322. The SMILES string of the molecule is CC(=N)c1cc(NC(=O)C(CCN)C2=C(F)C(Cl)C(C)(Cl)C=C2)ccc1N. The first kappa shape index (κ1) is 21.4. The molecule has 2 rings (SSSR count). The Bertz CT molecular complexity index is 820. The first-order valence-corrected chi connectivity index (χ1v) is 9.27. The lowest BCUT2D eigenvalue weighted by Crippen LogP contribution is -2.34. The molecule has 0 saturated heterocycles. The lowest BCUT2D eigenvalue weighted by atomic mass is 9.86. The summed E-state index contributed by atoms with van der Waals surface area (Å²) in [7, 11) is 0. The predicted molar refractivity (Wildman–Crippen MR) is 110 cm³/mol. The molecule has 146 valence electrons. The monoisotopic (exact) mass is 412 g/mol. The lowest BCUT2D eigenvalue weighted by Gasteiger charge is -2.30. The Morgan fingerprint density at radius 2 is 2.15 bits per heavy atom. The van der Waals surface area contributed by atoms with Crippen LogP contribution in [0, 0.1) is 11.3 Å². The van der Waals surface area contributed by atoms with Crippen molar-refractivity contribution in [3.05, 3.63) is 47.3 Å². The molecular weight excluding hydrogens is 390 g/mol. The van der Waals surface area contributed by atoms with Gasteiger partial charge in [0, 0.05) is 22.6 Å². The van der Waals surface area contributed by atoms with E-state index >= 15 is 0 Å². The van der Waals surface area contributed by atoms with Crippen molar-refractivity contribution in [2.75, 3.05) is 17.6 Å². The van der Waals surface area contributed by atoms with E-state index < -0.39 is 27.9 Å². The first-order valence-electron chi connectivity index (χ1n) is 8.46. The first-order chi connectivity index (χ1) is 12.6. The van der Waals surface area contributed by atoms with Gasteiger partial charge in [-0.1, -0.05) is 12.2 Å². The molecule has 1 aliphatic rings. The molecule has 0 aliphatic heterocycles. The molecule has 3 unspecified atom stereocenters. The molecule has 3 atom stereocenters. The highest BCUT2D eigenvalue weighted by Gasteiger charge is 2.38. The molecule has 0 spiro atoms. The fourth-order valence-corrected chi connectivity index (χ4v) is 3.23. The topological polar surface area (TPSA) is 105 Å². The lowest BCUT2D eigenvalue weighted by molar-refractivity contribution is -0.118. The molecular formula is C19H23Cl2FN4O. The number of benzene rings is 1. The predicted octanol–water partition coefficient (Wildman–Crippen LogP) is 3.96. The second kappa shape index (κ2) is 8.42. The standard InChI is InChI=1S/C19H23Cl2FN4O/c1-10(24)14-9-11(3-4-15(14)25)26-18(27)13(6-8-23)12-5-7-19(2,21)17(20)16(12)22/h3-5,7,9,13,17,24H,6,8,23,25H2,1-2H3,(H,26,27). The molecule has 5 nitrogen and oxygen atoms in total. The van der Waals surface area contributed by atoms with Crippen LogP contribution in [0.5, 0.6) is 0 Å². The van der Waals surface area contributed by atoms with Gasteiger partial charge in [0.05, 0.1) is 10.8 Å². The summed E-state index contributed by atoms with van der Waals surface area (Å²) in [5.74, 6) is -1.86. The number of nitrogens with two attached hydrogens (primary N) is 2. The third-order valence-electron chi connectivity index (χ3n) is 4.45. The molecule has 27 heavy (non-hydrogen) atoms. The van der Waals surface area contributed by atoms with Gasteiger partial charge in [-0.3, -0.25) is 4.79 Å². The number of nitrogen functional groups attached to an aromatic ring is 1. The number of allylic oxidation sites excluding steroid dienone is 3. The van der Waals surface area contributed by atoms with Crippen LogP contribution >= 0.6 is 23.2 Å². The van der Waals surface area contributed by atoms with E-state index in [9.17, 15) is 9.18 Å². The summed E-state index contributed by atoms with van der Waals surface area (Å²) in [6, 6.07) is 4.84. The zero-order valence-corrected chi connectivity index (χ0v) is 16.7. The number of carbonyl (C=O) groups excluding carboxylic acids is 1. The van der Waals surface area contributed by atoms with Gasteiger partial charge in [0.15, 0.2) is 0 Å². The van der Waals surface area contributed by atoms with E-state index in [0.717, 1.165) is 0 Å². The smallest absolute Gasteiger partial charge is 0.232 e. The van der Waals surface area contributed by atoms with E-state index in [1.807, 2.05) is 0 Å². The fraction of sp³-hybridized carbons (Fsp3) is 0.368. The summed E-state index contributed by atoms with van der Waals surface area (Å²) >= 11 is 12.3. The number of hydrogen-bond acceptors (Lipinski definition) is 4. The van der Waals surface area contributed by atoms with E-state index in [1.54, 1.807) is 38.1 Å². The van der Waals surface area contributed by atoms with E-state index in [-0.39, 0.29) is 24.3 Å². The van der Waals surface area contributed by atoms with Crippen molar-refractivity contribution in [2.24, 2.45) is 11.7 Å². The molecule has 1 aliphatic carbocycles. The maximum absolute atomic E-state index is 14.8. The van der Waals surface area contributed by atoms with Crippen LogP contribution in [-0.4, -0.2) is 28.4 Å². The third-order valence-corrected chi connectivity index (χ3v) is 5.56. The normalized spacial score (nSPS) is 23.3. The summed E-state index contributed by atoms with van der Waals surface area (Å²) in [6.45, 7) is 3.40. The Balaban J connectivity index is 2.31. The second-order valence-electron chi connectivity index (χ2n) is 6.70. The number of alkyl halides is 2. The van der Waals surface area contributed by atoms with Crippen LogP contribution in [0.25, 0.3) is 0 Å². The molecule has 0 fully saturated rings. The Morgan fingerprint density at radius 1 is 1.48 bits per heavy atom. The third kappa shape index (κ3) is 4.69. The Hall–Kier alpha value is -1.89. The van der Waals surface area contributed by atoms with Crippen molar-refractivity contribution in [1.29, 1.82) is 5.41 Å². The van der Waals surface area contributed by atoms with E-state index in [0.29, 0.717) is 16.9 Å². The number of amides is 1. The van der Waals surface area contributed by atoms with Crippen LogP contribution in [0.3, 0.4) is 0 Å². The molecule has 0 bridgehead atoms. The zero-order chi connectivity index (χ0) is 20.4. The van der Waals surface area contributed by atoms with Crippen molar-refractivity contribution in [2.45, 2.75) is 30.5 Å². The summed E-state index contributed by atoms with van der Waals surface area (Å²) in [5.41, 5.74) is 13.3. The van der Waals surface area contributed by atoms with Crippen molar-refractivity contribution < 1.29 is 9.18 Å². The molecule has 1 aromatic carbocycles. The average Bonchev–Trinajstić information content (AvgIpc) is 2.60. The van der Waals surface area contributed by atoms with Crippen LogP contribution in [0.2, 0.25) is 0 Å². The van der Waals surface area contributed by atoms with Crippen LogP contribution in [0.1, 0.15) is 25.8 Å². The maximum Gasteiger partial charge on any atom is 0.232 e. The highest BCUT2D eigenvalue weighted by molar-refractivity contribution is 6.34. The van der Waals surface area contributed by atoms with E-state index in [1.165, 1.54) is 6.08 Å².